The highest BCUT2D eigenvalue weighted by Gasteiger charge is 2.30. The number of nitrogens with two attached hydrogens (primary N) is 1. The van der Waals surface area contributed by atoms with Gasteiger partial charge in [-0.2, -0.15) is 0 Å². The highest BCUT2D eigenvalue weighted by molar-refractivity contribution is 6.30. The van der Waals surface area contributed by atoms with Gasteiger partial charge in [0, 0.05) is 35.9 Å². The molecule has 1 saturated carbocycles. The molecule has 0 aromatic heterocycles. The third kappa shape index (κ3) is 2.93. The average Bonchev–Trinajstić information content (AvgIpc) is 3.08. The number of ketones is 1. The molecule has 0 bridgehead atoms. The van der Waals surface area contributed by atoms with Crippen LogP contribution in [0, 0.1) is 5.92 Å². The van der Waals surface area contributed by atoms with Crippen molar-refractivity contribution in [3.05, 3.63) is 28.3 Å². The van der Waals surface area contributed by atoms with Crippen LogP contribution in [-0.4, -0.2) is 18.4 Å². The van der Waals surface area contributed by atoms with Crippen molar-refractivity contribution in [3.8, 4) is 5.75 Å². The monoisotopic (exact) mass is 279 g/mol. The summed E-state index contributed by atoms with van der Waals surface area (Å²) in [5.74, 6) is 1.60. The van der Waals surface area contributed by atoms with Crippen LogP contribution >= 0.6 is 11.6 Å². The van der Waals surface area contributed by atoms with Crippen LogP contribution in [0.15, 0.2) is 12.1 Å². The normalized spacial score (nSPS) is 18.8. The second-order valence-corrected chi connectivity index (χ2v) is 6.01. The number of carbonyl (C=O) groups is 1. The van der Waals surface area contributed by atoms with Crippen LogP contribution in [0.4, 0.5) is 0 Å². The van der Waals surface area contributed by atoms with E-state index in [1.54, 1.807) is 0 Å². The highest BCUT2D eigenvalue weighted by Crippen LogP contribution is 2.35. The molecule has 1 atom stereocenters. The summed E-state index contributed by atoms with van der Waals surface area (Å²) < 4.78 is 5.61. The fourth-order valence-electron chi connectivity index (χ4n) is 2.72. The zero-order valence-electron chi connectivity index (χ0n) is 10.8. The van der Waals surface area contributed by atoms with Gasteiger partial charge in [-0.3, -0.25) is 4.79 Å². The van der Waals surface area contributed by atoms with E-state index in [2.05, 4.69) is 0 Å². The van der Waals surface area contributed by atoms with Crippen LogP contribution in [0.3, 0.4) is 0 Å². The Morgan fingerprint density at radius 2 is 2.26 bits per heavy atom. The Balaban J connectivity index is 1.70. The van der Waals surface area contributed by atoms with Crippen molar-refractivity contribution in [1.82, 2.24) is 0 Å². The standard InChI is InChI=1S/C15H18ClNO2/c16-12-5-10-3-4-19-15(10)11(6-12)7-13(18)8-14(17)9-1-2-9/h5-6,9,14H,1-4,7-8,17H2. The lowest BCUT2D eigenvalue weighted by atomic mass is 9.99. The minimum absolute atomic E-state index is 0.0284. The molecule has 1 aliphatic heterocycles. The molecule has 1 unspecified atom stereocenters. The van der Waals surface area contributed by atoms with Crippen LogP contribution in [0.1, 0.15) is 30.4 Å². The number of hydrogen-bond acceptors (Lipinski definition) is 3. The average molecular weight is 280 g/mol. The first-order valence-corrected chi connectivity index (χ1v) is 7.22. The maximum Gasteiger partial charge on any atom is 0.138 e. The number of ether oxygens (including phenoxy) is 1. The summed E-state index contributed by atoms with van der Waals surface area (Å²) in [5.41, 5.74) is 8.02. The van der Waals surface area contributed by atoms with Gasteiger partial charge in [0.25, 0.3) is 0 Å². The molecule has 0 radical (unpaired) electrons. The molecule has 0 spiro atoms. The van der Waals surface area contributed by atoms with E-state index in [9.17, 15) is 4.79 Å². The maximum atomic E-state index is 12.1. The van der Waals surface area contributed by atoms with Gasteiger partial charge in [0.15, 0.2) is 0 Å². The Kier molecular flexibility index (Phi) is 3.50. The minimum Gasteiger partial charge on any atom is -0.493 e. The Morgan fingerprint density at radius 1 is 1.47 bits per heavy atom. The van der Waals surface area contributed by atoms with Gasteiger partial charge in [-0.25, -0.2) is 0 Å². The lowest BCUT2D eigenvalue weighted by Gasteiger charge is -2.11. The van der Waals surface area contributed by atoms with E-state index < -0.39 is 0 Å². The zero-order chi connectivity index (χ0) is 13.4. The van der Waals surface area contributed by atoms with Crippen molar-refractivity contribution in [2.75, 3.05) is 6.61 Å². The van der Waals surface area contributed by atoms with Gasteiger partial charge in [-0.05, 0) is 36.5 Å². The highest BCUT2D eigenvalue weighted by atomic mass is 35.5. The van der Waals surface area contributed by atoms with Crippen LogP contribution in [0.25, 0.3) is 0 Å². The van der Waals surface area contributed by atoms with Gasteiger partial charge in [0.1, 0.15) is 11.5 Å². The lowest BCUT2D eigenvalue weighted by Crippen LogP contribution is -2.26. The Bertz CT molecular complexity index is 511. The topological polar surface area (TPSA) is 52.3 Å². The molecular formula is C15H18ClNO2. The molecule has 1 fully saturated rings. The molecule has 1 aromatic rings. The number of benzene rings is 1. The molecule has 3 nitrogen and oxygen atoms in total. The fraction of sp³-hybridized carbons (Fsp3) is 0.533. The summed E-state index contributed by atoms with van der Waals surface area (Å²) in [6.07, 6.45) is 4.06. The van der Waals surface area contributed by atoms with Gasteiger partial charge in [0.05, 0.1) is 6.61 Å². The second kappa shape index (κ2) is 5.14. The lowest BCUT2D eigenvalue weighted by molar-refractivity contribution is -0.118. The van der Waals surface area contributed by atoms with E-state index in [0.717, 1.165) is 23.3 Å². The summed E-state index contributed by atoms with van der Waals surface area (Å²) >= 11 is 6.09. The van der Waals surface area contributed by atoms with Crippen molar-refractivity contribution in [2.45, 2.75) is 38.1 Å². The van der Waals surface area contributed by atoms with Crippen LogP contribution in [0.2, 0.25) is 5.02 Å². The van der Waals surface area contributed by atoms with E-state index in [1.807, 2.05) is 12.1 Å². The molecule has 102 valence electrons. The molecule has 1 aliphatic carbocycles. The van der Waals surface area contributed by atoms with E-state index in [0.29, 0.717) is 30.4 Å². The zero-order valence-corrected chi connectivity index (χ0v) is 11.6. The summed E-state index contributed by atoms with van der Waals surface area (Å²) in [6, 6.07) is 3.79. The molecular weight excluding hydrogens is 262 g/mol. The van der Waals surface area contributed by atoms with Crippen LogP contribution in [0.5, 0.6) is 5.75 Å². The van der Waals surface area contributed by atoms with Gasteiger partial charge in [-0.15, -0.1) is 0 Å². The number of halogens is 1. The van der Waals surface area contributed by atoms with Crippen LogP contribution < -0.4 is 10.5 Å². The molecule has 1 aromatic carbocycles. The van der Waals surface area contributed by atoms with Crippen molar-refractivity contribution in [3.63, 3.8) is 0 Å². The quantitative estimate of drug-likeness (QED) is 0.901. The number of hydrogen-bond donors (Lipinski definition) is 1. The fourth-order valence-corrected chi connectivity index (χ4v) is 2.98. The number of fused-ring (bicyclic) bond motifs is 1. The number of Topliss-reactive ketones (excluding diaryl/α,β-unsaturated/α-hetero) is 1. The molecule has 0 saturated heterocycles. The first kappa shape index (κ1) is 12.9. The van der Waals surface area contributed by atoms with Crippen molar-refractivity contribution >= 4 is 17.4 Å². The van der Waals surface area contributed by atoms with Gasteiger partial charge < -0.3 is 10.5 Å². The first-order chi connectivity index (χ1) is 9.13. The third-order valence-corrected chi connectivity index (χ3v) is 4.12. The molecule has 19 heavy (non-hydrogen) atoms. The Morgan fingerprint density at radius 3 is 3.00 bits per heavy atom. The van der Waals surface area contributed by atoms with Crippen LogP contribution in [-0.2, 0) is 17.6 Å². The minimum atomic E-state index is 0.0284. The Hall–Kier alpha value is -1.06. The molecule has 2 aliphatic rings. The largest absolute Gasteiger partial charge is 0.493 e. The number of rotatable bonds is 5. The van der Waals surface area contributed by atoms with E-state index in [1.165, 1.54) is 12.8 Å². The van der Waals surface area contributed by atoms with Crippen molar-refractivity contribution < 1.29 is 9.53 Å². The van der Waals surface area contributed by atoms with Crippen molar-refractivity contribution in [1.29, 1.82) is 0 Å². The SMILES string of the molecule is NC(CC(=O)Cc1cc(Cl)cc2c1OCC2)C1CC1. The molecule has 1 heterocycles. The van der Waals surface area contributed by atoms with Crippen molar-refractivity contribution in [2.24, 2.45) is 11.7 Å². The van der Waals surface area contributed by atoms with E-state index in [-0.39, 0.29) is 11.8 Å². The van der Waals surface area contributed by atoms with Gasteiger partial charge >= 0.3 is 0 Å². The predicted octanol–water partition coefficient (Wildman–Crippen LogP) is 2.51. The molecule has 3 rings (SSSR count). The van der Waals surface area contributed by atoms with E-state index >= 15 is 0 Å². The molecule has 4 heteroatoms. The summed E-state index contributed by atoms with van der Waals surface area (Å²) in [7, 11) is 0. The summed E-state index contributed by atoms with van der Waals surface area (Å²) in [6.45, 7) is 0.679. The van der Waals surface area contributed by atoms with Gasteiger partial charge in [0.2, 0.25) is 0 Å². The Labute approximate surface area is 118 Å². The smallest absolute Gasteiger partial charge is 0.138 e. The maximum absolute atomic E-state index is 12.1. The molecule has 0 amide bonds. The summed E-state index contributed by atoms with van der Waals surface area (Å²) in [5, 5.41) is 0.679. The van der Waals surface area contributed by atoms with E-state index in [4.69, 9.17) is 22.1 Å². The molecule has 2 N–H and O–H groups in total. The first-order valence-electron chi connectivity index (χ1n) is 6.85. The van der Waals surface area contributed by atoms with Gasteiger partial charge in [-0.1, -0.05) is 11.6 Å². The predicted molar refractivity (Wildman–Crippen MR) is 74.7 cm³/mol. The summed E-state index contributed by atoms with van der Waals surface area (Å²) in [4.78, 5) is 12.1. The number of carbonyl (C=O) groups excluding carboxylic acids is 1. The third-order valence-electron chi connectivity index (χ3n) is 3.90. The second-order valence-electron chi connectivity index (χ2n) is 5.57.